The van der Waals surface area contributed by atoms with Crippen molar-refractivity contribution in [3.05, 3.63) is 48.3 Å². The standard InChI is InChI=1S/C22H30N4O4S/c1-17(26-11-5-9-21(26)20-8-4-10-24(20)2)22(27)23-18-6-3-7-19(16-18)31(28,29)25-12-14-30-15-13-25/h3-4,6-8,10,16-17,21H,5,9,11-15H2,1-2H3,(H,23,27). The highest BCUT2D eigenvalue weighted by Crippen LogP contribution is 2.34. The van der Waals surface area contributed by atoms with Gasteiger partial charge in [-0.15, -0.1) is 0 Å². The Hall–Kier alpha value is -2.20. The zero-order valence-corrected chi connectivity index (χ0v) is 18.8. The molecule has 9 heteroatoms. The first-order chi connectivity index (χ1) is 14.9. The number of nitrogens with zero attached hydrogens (tertiary/aromatic N) is 3. The fraction of sp³-hybridized carbons (Fsp3) is 0.500. The lowest BCUT2D eigenvalue weighted by Gasteiger charge is -2.30. The van der Waals surface area contributed by atoms with Crippen molar-refractivity contribution >= 4 is 21.6 Å². The summed E-state index contributed by atoms with van der Waals surface area (Å²) in [6, 6.07) is 10.5. The van der Waals surface area contributed by atoms with Crippen LogP contribution in [-0.2, 0) is 26.6 Å². The molecule has 2 aliphatic heterocycles. The summed E-state index contributed by atoms with van der Waals surface area (Å²) in [6.07, 6.45) is 4.08. The number of aromatic nitrogens is 1. The summed E-state index contributed by atoms with van der Waals surface area (Å²) in [7, 11) is -1.59. The van der Waals surface area contributed by atoms with E-state index < -0.39 is 10.0 Å². The van der Waals surface area contributed by atoms with Crippen LogP contribution in [0.1, 0.15) is 31.5 Å². The van der Waals surface area contributed by atoms with Crippen LogP contribution in [-0.4, -0.2) is 67.0 Å². The lowest BCUT2D eigenvalue weighted by atomic mass is 10.1. The van der Waals surface area contributed by atoms with Crippen LogP contribution in [0.4, 0.5) is 5.69 Å². The van der Waals surface area contributed by atoms with Crippen molar-refractivity contribution < 1.29 is 17.9 Å². The number of likely N-dealkylation sites (tertiary alicyclic amines) is 1. The first-order valence-corrected chi connectivity index (χ1v) is 12.2. The quantitative estimate of drug-likeness (QED) is 0.736. The molecule has 2 aromatic rings. The number of rotatable bonds is 6. The second-order valence-corrected chi connectivity index (χ2v) is 10.1. The molecule has 2 aliphatic rings. The summed E-state index contributed by atoms with van der Waals surface area (Å²) in [6.45, 7) is 4.23. The van der Waals surface area contributed by atoms with Gasteiger partial charge < -0.3 is 14.6 Å². The minimum atomic E-state index is -3.61. The van der Waals surface area contributed by atoms with Crippen molar-refractivity contribution in [3.8, 4) is 0 Å². The van der Waals surface area contributed by atoms with Gasteiger partial charge in [-0.2, -0.15) is 4.31 Å². The molecule has 0 spiro atoms. The molecular formula is C22H30N4O4S. The third-order valence-corrected chi connectivity index (χ3v) is 8.10. The zero-order valence-electron chi connectivity index (χ0n) is 18.0. The smallest absolute Gasteiger partial charge is 0.243 e. The molecule has 2 atom stereocenters. The van der Waals surface area contributed by atoms with Crippen LogP contribution in [0.15, 0.2) is 47.5 Å². The molecule has 2 unspecified atom stereocenters. The minimum absolute atomic E-state index is 0.137. The number of nitrogens with one attached hydrogen (secondary N) is 1. The van der Waals surface area contributed by atoms with Crippen LogP contribution in [0.5, 0.6) is 0 Å². The average Bonchev–Trinajstić information content (AvgIpc) is 3.42. The molecule has 0 aliphatic carbocycles. The van der Waals surface area contributed by atoms with Crippen molar-refractivity contribution in [1.29, 1.82) is 0 Å². The Balaban J connectivity index is 1.47. The largest absolute Gasteiger partial charge is 0.379 e. The van der Waals surface area contributed by atoms with Gasteiger partial charge in [0.2, 0.25) is 15.9 Å². The molecule has 1 aromatic heterocycles. The highest BCUT2D eigenvalue weighted by atomic mass is 32.2. The number of sulfonamides is 1. The number of morpholine rings is 1. The van der Waals surface area contributed by atoms with Crippen molar-refractivity contribution in [2.45, 2.75) is 36.7 Å². The lowest BCUT2D eigenvalue weighted by molar-refractivity contribution is -0.121. The summed E-state index contributed by atoms with van der Waals surface area (Å²) in [4.78, 5) is 15.4. The number of ether oxygens (including phenoxy) is 1. The Morgan fingerprint density at radius 3 is 2.65 bits per heavy atom. The number of carbonyl (C=O) groups excluding carboxylic acids is 1. The van der Waals surface area contributed by atoms with E-state index in [1.165, 1.54) is 16.1 Å². The third-order valence-electron chi connectivity index (χ3n) is 6.21. The van der Waals surface area contributed by atoms with Crippen LogP contribution in [0.25, 0.3) is 0 Å². The van der Waals surface area contributed by atoms with Gasteiger partial charge in [0.05, 0.1) is 30.2 Å². The predicted octanol–water partition coefficient (Wildman–Crippen LogP) is 2.21. The Kier molecular flexibility index (Phi) is 6.47. The van der Waals surface area contributed by atoms with Crippen LogP contribution < -0.4 is 5.32 Å². The van der Waals surface area contributed by atoms with E-state index in [4.69, 9.17) is 4.74 Å². The first-order valence-electron chi connectivity index (χ1n) is 10.7. The fourth-order valence-electron chi connectivity index (χ4n) is 4.46. The molecule has 8 nitrogen and oxygen atoms in total. The van der Waals surface area contributed by atoms with Crippen molar-refractivity contribution in [3.63, 3.8) is 0 Å². The Labute approximate surface area is 183 Å². The van der Waals surface area contributed by atoms with Gasteiger partial charge in [0.1, 0.15) is 0 Å². The molecule has 3 heterocycles. The molecule has 0 saturated carbocycles. The van der Waals surface area contributed by atoms with Crippen LogP contribution in [0, 0.1) is 0 Å². The van der Waals surface area contributed by atoms with Gasteiger partial charge in [-0.3, -0.25) is 9.69 Å². The predicted molar refractivity (Wildman–Crippen MR) is 118 cm³/mol. The maximum Gasteiger partial charge on any atom is 0.243 e. The van der Waals surface area contributed by atoms with Crippen molar-refractivity contribution in [2.75, 3.05) is 38.2 Å². The third kappa shape index (κ3) is 4.55. The molecular weight excluding hydrogens is 416 g/mol. The Bertz CT molecular complexity index is 1030. The van der Waals surface area contributed by atoms with Crippen LogP contribution in [0.3, 0.4) is 0 Å². The Morgan fingerprint density at radius 2 is 1.94 bits per heavy atom. The molecule has 1 N–H and O–H groups in total. The summed E-state index contributed by atoms with van der Waals surface area (Å²) < 4.78 is 34.6. The van der Waals surface area contributed by atoms with Gasteiger partial charge in [-0.25, -0.2) is 8.42 Å². The Morgan fingerprint density at radius 1 is 1.16 bits per heavy atom. The SMILES string of the molecule is CC(C(=O)Nc1cccc(S(=O)(=O)N2CCOCC2)c1)N1CCCC1c1cccn1C. The molecule has 2 fully saturated rings. The van der Waals surface area contributed by atoms with Gasteiger partial charge in [-0.05, 0) is 56.6 Å². The zero-order chi connectivity index (χ0) is 22.0. The molecule has 2 saturated heterocycles. The van der Waals surface area contributed by atoms with Gasteiger partial charge in [0, 0.05) is 37.7 Å². The average molecular weight is 447 g/mol. The number of hydrogen-bond donors (Lipinski definition) is 1. The minimum Gasteiger partial charge on any atom is -0.379 e. The lowest BCUT2D eigenvalue weighted by Crippen LogP contribution is -2.42. The van der Waals surface area contributed by atoms with Crippen LogP contribution >= 0.6 is 0 Å². The highest BCUT2D eigenvalue weighted by molar-refractivity contribution is 7.89. The highest BCUT2D eigenvalue weighted by Gasteiger charge is 2.34. The fourth-order valence-corrected chi connectivity index (χ4v) is 5.91. The van der Waals surface area contributed by atoms with Gasteiger partial charge >= 0.3 is 0 Å². The van der Waals surface area contributed by atoms with E-state index in [2.05, 4.69) is 20.9 Å². The van der Waals surface area contributed by atoms with Gasteiger partial charge in [0.15, 0.2) is 0 Å². The van der Waals surface area contributed by atoms with E-state index in [0.717, 1.165) is 19.4 Å². The van der Waals surface area contributed by atoms with Crippen molar-refractivity contribution in [2.24, 2.45) is 7.05 Å². The normalized spacial score (nSPS) is 21.8. The second kappa shape index (κ2) is 9.12. The molecule has 0 bridgehead atoms. The first kappa shape index (κ1) is 22.0. The van der Waals surface area contributed by atoms with Gasteiger partial charge in [-0.1, -0.05) is 6.07 Å². The number of aryl methyl sites for hydroxylation is 1. The second-order valence-electron chi connectivity index (χ2n) is 8.15. The number of anilines is 1. The maximum atomic E-state index is 13.0. The number of amides is 1. The summed E-state index contributed by atoms with van der Waals surface area (Å²) >= 11 is 0. The van der Waals surface area contributed by atoms with Crippen LogP contribution in [0.2, 0.25) is 0 Å². The maximum absolute atomic E-state index is 13.0. The van der Waals surface area contributed by atoms with E-state index in [9.17, 15) is 13.2 Å². The molecule has 0 radical (unpaired) electrons. The van der Waals surface area contributed by atoms with E-state index in [0.29, 0.717) is 32.0 Å². The van der Waals surface area contributed by atoms with Crippen molar-refractivity contribution in [1.82, 2.24) is 13.8 Å². The number of benzene rings is 1. The molecule has 31 heavy (non-hydrogen) atoms. The summed E-state index contributed by atoms with van der Waals surface area (Å²) in [5.74, 6) is -0.137. The topological polar surface area (TPSA) is 83.9 Å². The van der Waals surface area contributed by atoms with E-state index in [-0.39, 0.29) is 22.9 Å². The summed E-state index contributed by atoms with van der Waals surface area (Å²) in [5, 5.41) is 2.92. The molecule has 168 valence electrons. The van der Waals surface area contributed by atoms with E-state index in [1.54, 1.807) is 18.2 Å². The summed E-state index contributed by atoms with van der Waals surface area (Å²) in [5.41, 5.74) is 1.69. The monoisotopic (exact) mass is 446 g/mol. The van der Waals surface area contributed by atoms with E-state index in [1.807, 2.05) is 26.2 Å². The van der Waals surface area contributed by atoms with E-state index >= 15 is 0 Å². The number of hydrogen-bond acceptors (Lipinski definition) is 5. The molecule has 1 aromatic carbocycles. The molecule has 4 rings (SSSR count). The van der Waals surface area contributed by atoms with Gasteiger partial charge in [0.25, 0.3) is 0 Å². The number of carbonyl (C=O) groups is 1. The molecule has 1 amide bonds.